The first-order valence-electron chi connectivity index (χ1n) is 6.75. The summed E-state index contributed by atoms with van der Waals surface area (Å²) >= 11 is 0. The standard InChI is InChI=1S/C14H14F5N3O2/c1-13(6-24-5-10(20)22-13)8-4-7(2-3-9(8)15)21-12(23)14(18,19)11(16)17/h2-4,11H,5-6H2,1H3,(H2,20,22)(H,21,23). The molecule has 3 N–H and O–H groups in total. The lowest BCUT2D eigenvalue weighted by Crippen LogP contribution is -2.41. The third-order valence-electron chi connectivity index (χ3n) is 3.40. The average Bonchev–Trinajstić information content (AvgIpc) is 2.48. The van der Waals surface area contributed by atoms with Gasteiger partial charge in [-0.15, -0.1) is 0 Å². The van der Waals surface area contributed by atoms with Crippen molar-refractivity contribution in [1.29, 1.82) is 0 Å². The van der Waals surface area contributed by atoms with Crippen LogP contribution in [0.2, 0.25) is 0 Å². The smallest absolute Gasteiger partial charge is 0.383 e. The quantitative estimate of drug-likeness (QED) is 0.817. The van der Waals surface area contributed by atoms with Gasteiger partial charge in [0.25, 0.3) is 0 Å². The van der Waals surface area contributed by atoms with Gasteiger partial charge in [0.05, 0.1) is 6.61 Å². The van der Waals surface area contributed by atoms with Gasteiger partial charge in [0.15, 0.2) is 0 Å². The summed E-state index contributed by atoms with van der Waals surface area (Å²) in [6, 6.07) is 2.90. The number of anilines is 1. The number of aliphatic imine (C=N–C) groups is 1. The zero-order valence-corrected chi connectivity index (χ0v) is 12.5. The molecule has 0 saturated heterocycles. The maximum absolute atomic E-state index is 14.1. The second-order valence-corrected chi connectivity index (χ2v) is 5.44. The van der Waals surface area contributed by atoms with Crippen molar-refractivity contribution in [1.82, 2.24) is 0 Å². The van der Waals surface area contributed by atoms with Crippen LogP contribution in [0.5, 0.6) is 0 Å². The SMILES string of the molecule is CC1(c2cc(NC(=O)C(F)(F)C(F)F)ccc2F)COCC(N)=N1. The number of benzene rings is 1. The number of nitrogens with one attached hydrogen (secondary N) is 1. The number of rotatable bonds is 4. The number of alkyl halides is 4. The van der Waals surface area contributed by atoms with E-state index >= 15 is 0 Å². The molecule has 0 radical (unpaired) electrons. The van der Waals surface area contributed by atoms with E-state index in [1.54, 1.807) is 5.32 Å². The van der Waals surface area contributed by atoms with Crippen LogP contribution in [-0.2, 0) is 15.1 Å². The number of hydrogen-bond donors (Lipinski definition) is 2. The second-order valence-electron chi connectivity index (χ2n) is 5.44. The molecule has 1 aromatic carbocycles. The first kappa shape index (κ1) is 18.1. The van der Waals surface area contributed by atoms with E-state index in [-0.39, 0.29) is 30.3 Å². The van der Waals surface area contributed by atoms with Crippen LogP contribution in [0.4, 0.5) is 27.6 Å². The van der Waals surface area contributed by atoms with Crippen LogP contribution in [0.3, 0.4) is 0 Å². The van der Waals surface area contributed by atoms with Crippen molar-refractivity contribution < 1.29 is 31.5 Å². The van der Waals surface area contributed by atoms with Crippen molar-refractivity contribution in [2.75, 3.05) is 18.5 Å². The number of nitrogens with zero attached hydrogens (tertiary/aromatic N) is 1. The summed E-state index contributed by atoms with van der Waals surface area (Å²) in [7, 11) is 0. The number of carbonyl (C=O) groups excluding carboxylic acids is 1. The lowest BCUT2D eigenvalue weighted by atomic mass is 9.92. The average molecular weight is 351 g/mol. The van der Waals surface area contributed by atoms with Gasteiger partial charge in [-0.2, -0.15) is 8.78 Å². The van der Waals surface area contributed by atoms with E-state index in [4.69, 9.17) is 10.5 Å². The van der Waals surface area contributed by atoms with Crippen LogP contribution in [0.25, 0.3) is 0 Å². The van der Waals surface area contributed by atoms with Crippen molar-refractivity contribution in [2.45, 2.75) is 24.8 Å². The summed E-state index contributed by atoms with van der Waals surface area (Å²) in [5.74, 6) is -7.68. The summed E-state index contributed by atoms with van der Waals surface area (Å²) < 4.78 is 69.6. The fourth-order valence-electron chi connectivity index (χ4n) is 2.20. The zero-order chi connectivity index (χ0) is 18.1. The summed E-state index contributed by atoms with van der Waals surface area (Å²) in [5.41, 5.74) is 3.96. The van der Waals surface area contributed by atoms with Crippen molar-refractivity contribution in [3.8, 4) is 0 Å². The van der Waals surface area contributed by atoms with Gasteiger partial charge in [-0.05, 0) is 25.1 Å². The van der Waals surface area contributed by atoms with Crippen LogP contribution < -0.4 is 11.1 Å². The van der Waals surface area contributed by atoms with Crippen LogP contribution in [0, 0.1) is 5.82 Å². The highest BCUT2D eigenvalue weighted by molar-refractivity contribution is 5.96. The molecule has 1 aliphatic rings. The van der Waals surface area contributed by atoms with Gasteiger partial charge in [0.2, 0.25) is 0 Å². The number of halogens is 5. The molecule has 1 heterocycles. The Bertz CT molecular complexity index is 680. The number of amidine groups is 1. The maximum atomic E-state index is 14.1. The Labute approximate surface area is 133 Å². The van der Waals surface area contributed by atoms with Gasteiger partial charge in [0, 0.05) is 11.3 Å². The van der Waals surface area contributed by atoms with E-state index in [0.29, 0.717) is 0 Å². The van der Waals surface area contributed by atoms with Gasteiger partial charge in [-0.1, -0.05) is 0 Å². The van der Waals surface area contributed by atoms with E-state index in [2.05, 4.69) is 4.99 Å². The molecule has 132 valence electrons. The monoisotopic (exact) mass is 351 g/mol. The first-order chi connectivity index (χ1) is 11.1. The van der Waals surface area contributed by atoms with Crippen LogP contribution in [0.15, 0.2) is 23.2 Å². The highest BCUT2D eigenvalue weighted by atomic mass is 19.3. The molecule has 0 aliphatic carbocycles. The third kappa shape index (κ3) is 3.48. The summed E-state index contributed by atoms with van der Waals surface area (Å²) in [4.78, 5) is 15.4. The Hall–Kier alpha value is -2.23. The second kappa shape index (κ2) is 6.34. The normalized spacial score (nSPS) is 21.5. The zero-order valence-electron chi connectivity index (χ0n) is 12.5. The molecular formula is C14H14F5N3O2. The number of nitrogens with two attached hydrogens (primary N) is 1. The van der Waals surface area contributed by atoms with E-state index in [1.807, 2.05) is 0 Å². The molecule has 1 aromatic rings. The van der Waals surface area contributed by atoms with Gasteiger partial charge < -0.3 is 15.8 Å². The predicted octanol–water partition coefficient (Wildman–Crippen LogP) is 2.27. The van der Waals surface area contributed by atoms with E-state index in [9.17, 15) is 26.7 Å². The highest BCUT2D eigenvalue weighted by Crippen LogP contribution is 2.33. The van der Waals surface area contributed by atoms with Crippen LogP contribution in [-0.4, -0.2) is 37.3 Å². The molecule has 1 unspecified atom stereocenters. The van der Waals surface area contributed by atoms with E-state index in [0.717, 1.165) is 18.2 Å². The van der Waals surface area contributed by atoms with Crippen molar-refractivity contribution >= 4 is 17.4 Å². The molecular weight excluding hydrogens is 337 g/mol. The molecule has 5 nitrogen and oxygen atoms in total. The minimum Gasteiger partial charge on any atom is -0.386 e. The molecule has 1 aliphatic heterocycles. The van der Waals surface area contributed by atoms with Crippen LogP contribution >= 0.6 is 0 Å². The Balaban J connectivity index is 2.33. The van der Waals surface area contributed by atoms with Crippen molar-refractivity contribution in [2.24, 2.45) is 10.7 Å². The molecule has 0 aromatic heterocycles. The molecule has 0 saturated carbocycles. The lowest BCUT2D eigenvalue weighted by molar-refractivity contribution is -0.163. The number of ether oxygens (including phenoxy) is 1. The highest BCUT2D eigenvalue weighted by Gasteiger charge is 2.49. The lowest BCUT2D eigenvalue weighted by Gasteiger charge is -2.30. The van der Waals surface area contributed by atoms with Crippen LogP contribution in [0.1, 0.15) is 12.5 Å². The largest absolute Gasteiger partial charge is 0.386 e. The van der Waals surface area contributed by atoms with E-state index in [1.165, 1.54) is 6.92 Å². The molecule has 2 rings (SSSR count). The number of carbonyl (C=O) groups is 1. The Morgan fingerprint density at radius 1 is 1.46 bits per heavy atom. The van der Waals surface area contributed by atoms with Gasteiger partial charge in [-0.3, -0.25) is 9.79 Å². The van der Waals surface area contributed by atoms with Gasteiger partial charge in [-0.25, -0.2) is 13.2 Å². The molecule has 1 atom stereocenters. The fraction of sp³-hybridized carbons (Fsp3) is 0.429. The number of hydrogen-bond acceptors (Lipinski definition) is 4. The predicted molar refractivity (Wildman–Crippen MR) is 75.8 cm³/mol. The summed E-state index contributed by atoms with van der Waals surface area (Å²) in [6.07, 6.45) is -4.16. The fourth-order valence-corrected chi connectivity index (χ4v) is 2.20. The Morgan fingerprint density at radius 2 is 2.12 bits per heavy atom. The third-order valence-corrected chi connectivity index (χ3v) is 3.40. The number of amides is 1. The van der Waals surface area contributed by atoms with Gasteiger partial charge >= 0.3 is 18.3 Å². The Kier molecular flexibility index (Phi) is 4.79. The minimum atomic E-state index is -4.87. The van der Waals surface area contributed by atoms with Gasteiger partial charge in [0.1, 0.15) is 23.8 Å². The molecule has 0 fully saturated rings. The minimum absolute atomic E-state index is 0.0325. The van der Waals surface area contributed by atoms with Crippen molar-refractivity contribution in [3.05, 3.63) is 29.6 Å². The topological polar surface area (TPSA) is 76.7 Å². The molecule has 24 heavy (non-hydrogen) atoms. The molecule has 0 bridgehead atoms. The first-order valence-corrected chi connectivity index (χ1v) is 6.75. The summed E-state index contributed by atoms with van der Waals surface area (Å²) in [6.45, 7) is 1.53. The summed E-state index contributed by atoms with van der Waals surface area (Å²) in [5, 5.41) is 1.64. The molecule has 10 heteroatoms. The van der Waals surface area contributed by atoms with Crippen molar-refractivity contribution in [3.63, 3.8) is 0 Å². The molecule has 0 spiro atoms. The Morgan fingerprint density at radius 3 is 2.71 bits per heavy atom. The molecule has 1 amide bonds. The maximum Gasteiger partial charge on any atom is 0.383 e. The van der Waals surface area contributed by atoms with E-state index < -0.39 is 29.6 Å².